The van der Waals surface area contributed by atoms with Crippen molar-refractivity contribution in [3.05, 3.63) is 47.2 Å². The molecule has 0 saturated heterocycles. The van der Waals surface area contributed by atoms with Crippen LogP contribution in [0.15, 0.2) is 30.3 Å². The summed E-state index contributed by atoms with van der Waals surface area (Å²) in [6, 6.07) is 8.22. The lowest BCUT2D eigenvalue weighted by Crippen LogP contribution is -2.14. The van der Waals surface area contributed by atoms with Crippen LogP contribution in [0.5, 0.6) is 0 Å². The van der Waals surface area contributed by atoms with Crippen LogP contribution >= 0.6 is 0 Å². The van der Waals surface area contributed by atoms with Crippen LogP contribution in [0.4, 0.5) is 0 Å². The van der Waals surface area contributed by atoms with Gasteiger partial charge in [-0.25, -0.2) is 4.79 Å². The zero-order chi connectivity index (χ0) is 16.5. The SMILES string of the molecule is CC(C)c1ccc2nc(C(C)(C)C)cc(/C=C/C(=O)O)c2c1. The van der Waals surface area contributed by atoms with E-state index in [1.807, 2.05) is 12.1 Å². The lowest BCUT2D eigenvalue weighted by atomic mass is 9.89. The predicted octanol–water partition coefficient (Wildman–Crippen LogP) is 4.75. The number of benzene rings is 1. The van der Waals surface area contributed by atoms with Gasteiger partial charge < -0.3 is 5.11 Å². The second-order valence-corrected chi connectivity index (χ2v) is 6.95. The molecule has 2 aromatic rings. The van der Waals surface area contributed by atoms with Crippen molar-refractivity contribution in [1.82, 2.24) is 4.98 Å². The van der Waals surface area contributed by atoms with E-state index in [4.69, 9.17) is 10.1 Å². The number of rotatable bonds is 3. The third-order valence-electron chi connectivity index (χ3n) is 3.71. The molecule has 0 radical (unpaired) electrons. The molecule has 0 unspecified atom stereocenters. The summed E-state index contributed by atoms with van der Waals surface area (Å²) in [5.41, 5.74) is 3.91. The highest BCUT2D eigenvalue weighted by atomic mass is 16.4. The summed E-state index contributed by atoms with van der Waals surface area (Å²) >= 11 is 0. The van der Waals surface area contributed by atoms with Gasteiger partial charge in [-0.3, -0.25) is 4.98 Å². The molecule has 0 aliphatic heterocycles. The molecule has 0 spiro atoms. The van der Waals surface area contributed by atoms with Gasteiger partial charge in [0, 0.05) is 22.6 Å². The lowest BCUT2D eigenvalue weighted by Gasteiger charge is -2.20. The molecule has 1 aromatic carbocycles. The minimum Gasteiger partial charge on any atom is -0.478 e. The topological polar surface area (TPSA) is 50.2 Å². The zero-order valence-corrected chi connectivity index (χ0v) is 13.8. The highest BCUT2D eigenvalue weighted by molar-refractivity contribution is 5.93. The van der Waals surface area contributed by atoms with Crippen molar-refractivity contribution in [2.75, 3.05) is 0 Å². The molecule has 3 nitrogen and oxygen atoms in total. The molecule has 116 valence electrons. The van der Waals surface area contributed by atoms with E-state index in [0.717, 1.165) is 22.2 Å². The number of hydrogen-bond donors (Lipinski definition) is 1. The van der Waals surface area contributed by atoms with Gasteiger partial charge in [-0.1, -0.05) is 40.7 Å². The quantitative estimate of drug-likeness (QED) is 0.831. The van der Waals surface area contributed by atoms with E-state index in [0.29, 0.717) is 5.92 Å². The number of pyridine rings is 1. The van der Waals surface area contributed by atoms with Gasteiger partial charge in [-0.2, -0.15) is 0 Å². The average molecular weight is 297 g/mol. The molecule has 1 aromatic heterocycles. The summed E-state index contributed by atoms with van der Waals surface area (Å²) in [7, 11) is 0. The highest BCUT2D eigenvalue weighted by Crippen LogP contribution is 2.29. The van der Waals surface area contributed by atoms with Crippen LogP contribution in [0, 0.1) is 0 Å². The normalized spacial score (nSPS) is 12.5. The fourth-order valence-corrected chi connectivity index (χ4v) is 2.31. The van der Waals surface area contributed by atoms with Crippen LogP contribution in [0.25, 0.3) is 17.0 Å². The van der Waals surface area contributed by atoms with Crippen LogP contribution in [0.3, 0.4) is 0 Å². The Morgan fingerprint density at radius 1 is 1.23 bits per heavy atom. The molecule has 2 rings (SSSR count). The first-order valence-electron chi connectivity index (χ1n) is 7.54. The van der Waals surface area contributed by atoms with Gasteiger partial charge in [0.15, 0.2) is 0 Å². The molecular formula is C19H23NO2. The van der Waals surface area contributed by atoms with E-state index < -0.39 is 5.97 Å². The molecular weight excluding hydrogens is 274 g/mol. The van der Waals surface area contributed by atoms with Gasteiger partial charge >= 0.3 is 5.97 Å². The summed E-state index contributed by atoms with van der Waals surface area (Å²) in [6.07, 6.45) is 2.84. The molecule has 0 bridgehead atoms. The van der Waals surface area contributed by atoms with Crippen molar-refractivity contribution in [3.63, 3.8) is 0 Å². The molecule has 0 saturated carbocycles. The van der Waals surface area contributed by atoms with Crippen LogP contribution in [-0.4, -0.2) is 16.1 Å². The maximum absolute atomic E-state index is 10.9. The van der Waals surface area contributed by atoms with Crippen molar-refractivity contribution in [2.24, 2.45) is 0 Å². The molecule has 0 fully saturated rings. The average Bonchev–Trinajstić information content (AvgIpc) is 2.42. The van der Waals surface area contributed by atoms with E-state index in [-0.39, 0.29) is 5.41 Å². The van der Waals surface area contributed by atoms with E-state index in [2.05, 4.69) is 46.8 Å². The summed E-state index contributed by atoms with van der Waals surface area (Å²) in [5.74, 6) is -0.523. The second-order valence-electron chi connectivity index (χ2n) is 6.95. The van der Waals surface area contributed by atoms with Crippen LogP contribution in [-0.2, 0) is 10.2 Å². The lowest BCUT2D eigenvalue weighted by molar-refractivity contribution is -0.131. The summed E-state index contributed by atoms with van der Waals surface area (Å²) in [5, 5.41) is 9.91. The standard InChI is InChI=1S/C19H23NO2/c1-12(2)13-6-8-16-15(10-13)14(7-9-18(21)22)11-17(20-16)19(3,4)5/h6-12H,1-5H3,(H,21,22)/b9-7+. The van der Waals surface area contributed by atoms with Crippen molar-refractivity contribution < 1.29 is 9.90 Å². The molecule has 3 heteroatoms. The minimum atomic E-state index is -0.942. The van der Waals surface area contributed by atoms with E-state index in [9.17, 15) is 4.79 Å². The monoisotopic (exact) mass is 297 g/mol. The molecule has 0 atom stereocenters. The van der Waals surface area contributed by atoms with E-state index >= 15 is 0 Å². The third-order valence-corrected chi connectivity index (χ3v) is 3.71. The smallest absolute Gasteiger partial charge is 0.328 e. The molecule has 0 aliphatic rings. The molecule has 1 N–H and O–H groups in total. The van der Waals surface area contributed by atoms with Crippen LogP contribution in [0.1, 0.15) is 57.4 Å². The number of carboxylic acids is 1. The molecule has 0 aliphatic carbocycles. The first-order chi connectivity index (χ1) is 10.2. The van der Waals surface area contributed by atoms with Crippen molar-refractivity contribution >= 4 is 22.9 Å². The summed E-state index contributed by atoms with van der Waals surface area (Å²) in [6.45, 7) is 10.6. The van der Waals surface area contributed by atoms with Gasteiger partial charge in [-0.15, -0.1) is 0 Å². The van der Waals surface area contributed by atoms with Crippen LogP contribution in [0.2, 0.25) is 0 Å². The highest BCUT2D eigenvalue weighted by Gasteiger charge is 2.17. The van der Waals surface area contributed by atoms with Crippen molar-refractivity contribution in [1.29, 1.82) is 0 Å². The van der Waals surface area contributed by atoms with Gasteiger partial charge in [0.25, 0.3) is 0 Å². The number of aromatic nitrogens is 1. The fraction of sp³-hybridized carbons (Fsp3) is 0.368. The molecule has 0 amide bonds. The Balaban J connectivity index is 2.73. The van der Waals surface area contributed by atoms with Gasteiger partial charge in [0.1, 0.15) is 0 Å². The number of fused-ring (bicyclic) bond motifs is 1. The molecule has 22 heavy (non-hydrogen) atoms. The Labute approximate surface area is 131 Å². The zero-order valence-electron chi connectivity index (χ0n) is 13.8. The summed E-state index contributed by atoms with van der Waals surface area (Å²) < 4.78 is 0. The number of carbonyl (C=O) groups is 1. The van der Waals surface area contributed by atoms with Gasteiger partial charge in [0.05, 0.1) is 5.52 Å². The van der Waals surface area contributed by atoms with E-state index in [1.165, 1.54) is 11.6 Å². The maximum Gasteiger partial charge on any atom is 0.328 e. The van der Waals surface area contributed by atoms with Crippen molar-refractivity contribution in [2.45, 2.75) is 46.0 Å². The van der Waals surface area contributed by atoms with Crippen LogP contribution < -0.4 is 0 Å². The summed E-state index contributed by atoms with van der Waals surface area (Å²) in [4.78, 5) is 15.6. The number of carboxylic acid groups (broad SMARTS) is 1. The first kappa shape index (κ1) is 16.2. The van der Waals surface area contributed by atoms with E-state index in [1.54, 1.807) is 6.08 Å². The fourth-order valence-electron chi connectivity index (χ4n) is 2.31. The third kappa shape index (κ3) is 3.53. The Morgan fingerprint density at radius 2 is 1.91 bits per heavy atom. The van der Waals surface area contributed by atoms with Gasteiger partial charge in [-0.05, 0) is 41.3 Å². The minimum absolute atomic E-state index is 0.0866. The Bertz CT molecular complexity index is 737. The number of hydrogen-bond acceptors (Lipinski definition) is 2. The Hall–Kier alpha value is -2.16. The largest absolute Gasteiger partial charge is 0.478 e. The number of nitrogens with zero attached hydrogens (tertiary/aromatic N) is 1. The van der Waals surface area contributed by atoms with Gasteiger partial charge in [0.2, 0.25) is 0 Å². The van der Waals surface area contributed by atoms with Crippen molar-refractivity contribution in [3.8, 4) is 0 Å². The maximum atomic E-state index is 10.9. The first-order valence-corrected chi connectivity index (χ1v) is 7.54. The molecule has 1 heterocycles. The number of aliphatic carboxylic acids is 1. The Morgan fingerprint density at radius 3 is 2.45 bits per heavy atom. The second kappa shape index (κ2) is 5.91. The Kier molecular flexibility index (Phi) is 4.36. The predicted molar refractivity (Wildman–Crippen MR) is 91.2 cm³/mol.